The van der Waals surface area contributed by atoms with Gasteiger partial charge < -0.3 is 4.74 Å². The van der Waals surface area contributed by atoms with Crippen molar-refractivity contribution in [2.75, 3.05) is 26.3 Å². The molecule has 2 rings (SSSR count). The van der Waals surface area contributed by atoms with Gasteiger partial charge in [-0.1, -0.05) is 11.5 Å². The van der Waals surface area contributed by atoms with Crippen LogP contribution in [0.2, 0.25) is 0 Å². The van der Waals surface area contributed by atoms with E-state index >= 15 is 0 Å². The normalized spacial score (nSPS) is 18.3. The summed E-state index contributed by atoms with van der Waals surface area (Å²) in [6.07, 6.45) is 1.93. The molecule has 0 radical (unpaired) electrons. The van der Waals surface area contributed by atoms with Crippen molar-refractivity contribution in [1.29, 1.82) is 0 Å². The molecule has 1 aromatic rings. The first-order chi connectivity index (χ1) is 6.84. The van der Waals surface area contributed by atoms with E-state index in [2.05, 4.69) is 29.9 Å². The molecule has 1 saturated heterocycles. The zero-order valence-corrected chi connectivity index (χ0v) is 8.57. The van der Waals surface area contributed by atoms with Crippen LogP contribution in [0.3, 0.4) is 0 Å². The minimum absolute atomic E-state index is 0.853. The van der Waals surface area contributed by atoms with Gasteiger partial charge in [0.05, 0.1) is 18.9 Å². The number of morpholine rings is 1. The summed E-state index contributed by atoms with van der Waals surface area (Å²) >= 11 is 0. The molecule has 2 heterocycles. The van der Waals surface area contributed by atoms with Crippen LogP contribution >= 0.6 is 0 Å². The van der Waals surface area contributed by atoms with Crippen LogP contribution in [0, 0.1) is 0 Å². The van der Waals surface area contributed by atoms with Crippen molar-refractivity contribution in [3.05, 3.63) is 24.0 Å². The van der Waals surface area contributed by atoms with Gasteiger partial charge in [0.2, 0.25) is 0 Å². The number of hydrogen-bond donors (Lipinski definition) is 0. The molecule has 0 spiro atoms. The predicted octanol–water partition coefficient (Wildman–Crippen LogP) is -0.828. The van der Waals surface area contributed by atoms with E-state index in [0.29, 0.717) is 0 Å². The lowest BCUT2D eigenvalue weighted by Gasteiger charge is -2.26. The van der Waals surface area contributed by atoms with Crippen LogP contribution in [0.15, 0.2) is 18.3 Å². The molecule has 4 heteroatoms. The van der Waals surface area contributed by atoms with Gasteiger partial charge in [-0.15, -0.1) is 0 Å². The van der Waals surface area contributed by atoms with Crippen molar-refractivity contribution in [3.63, 3.8) is 0 Å². The van der Waals surface area contributed by atoms with Crippen LogP contribution < -0.4 is 5.46 Å². The number of rotatable bonds is 2. The molecular weight excluding hydrogens is 175 g/mol. The largest absolute Gasteiger partial charge is 0.379 e. The van der Waals surface area contributed by atoms with E-state index in [-0.39, 0.29) is 0 Å². The van der Waals surface area contributed by atoms with Crippen molar-refractivity contribution in [1.82, 2.24) is 9.88 Å². The van der Waals surface area contributed by atoms with E-state index in [1.807, 2.05) is 6.20 Å². The molecule has 0 bridgehead atoms. The van der Waals surface area contributed by atoms with Gasteiger partial charge in [0.15, 0.2) is 0 Å². The first-order valence-corrected chi connectivity index (χ1v) is 5.06. The van der Waals surface area contributed by atoms with Gasteiger partial charge in [-0.3, -0.25) is 9.88 Å². The van der Waals surface area contributed by atoms with Crippen LogP contribution in [0.25, 0.3) is 0 Å². The van der Waals surface area contributed by atoms with Crippen molar-refractivity contribution in [2.24, 2.45) is 0 Å². The van der Waals surface area contributed by atoms with Gasteiger partial charge in [0.25, 0.3) is 0 Å². The molecule has 0 atom stereocenters. The molecule has 1 aliphatic heterocycles. The molecule has 0 saturated carbocycles. The minimum Gasteiger partial charge on any atom is -0.379 e. The molecule has 1 aromatic heterocycles. The zero-order chi connectivity index (χ0) is 9.80. The standard InChI is InChI=1S/C10H15BN2O/c11-9-1-2-10(12-7-9)8-13-3-5-14-6-4-13/h1-2,7H,3-6,8,11H2. The average Bonchev–Trinajstić information content (AvgIpc) is 2.23. The van der Waals surface area contributed by atoms with Crippen molar-refractivity contribution in [2.45, 2.75) is 6.54 Å². The van der Waals surface area contributed by atoms with Gasteiger partial charge >= 0.3 is 0 Å². The number of aromatic nitrogens is 1. The smallest absolute Gasteiger partial charge is 0.141 e. The van der Waals surface area contributed by atoms with Crippen LogP contribution in [-0.2, 0) is 11.3 Å². The predicted molar refractivity (Wildman–Crippen MR) is 58.5 cm³/mol. The minimum atomic E-state index is 0.853. The molecule has 3 nitrogen and oxygen atoms in total. The summed E-state index contributed by atoms with van der Waals surface area (Å²) in [6.45, 7) is 4.70. The number of ether oxygens (including phenoxy) is 1. The summed E-state index contributed by atoms with van der Waals surface area (Å²) < 4.78 is 5.29. The summed E-state index contributed by atoms with van der Waals surface area (Å²) in [4.78, 5) is 6.77. The molecule has 0 N–H and O–H groups in total. The molecule has 0 aromatic carbocycles. The second kappa shape index (κ2) is 4.57. The van der Waals surface area contributed by atoms with Gasteiger partial charge in [-0.2, -0.15) is 0 Å². The molecular formula is C10H15BN2O. The van der Waals surface area contributed by atoms with Gasteiger partial charge in [0.1, 0.15) is 7.85 Å². The van der Waals surface area contributed by atoms with Crippen LogP contribution in [0.4, 0.5) is 0 Å². The highest BCUT2D eigenvalue weighted by Crippen LogP contribution is 2.02. The molecule has 14 heavy (non-hydrogen) atoms. The van der Waals surface area contributed by atoms with E-state index in [4.69, 9.17) is 4.74 Å². The van der Waals surface area contributed by atoms with Gasteiger partial charge in [0, 0.05) is 25.8 Å². The Labute approximate surface area is 85.5 Å². The summed E-state index contributed by atoms with van der Waals surface area (Å²) in [5.41, 5.74) is 2.37. The van der Waals surface area contributed by atoms with E-state index < -0.39 is 0 Å². The Kier molecular flexibility index (Phi) is 3.16. The zero-order valence-electron chi connectivity index (χ0n) is 8.57. The monoisotopic (exact) mass is 190 g/mol. The number of nitrogens with zero attached hydrogens (tertiary/aromatic N) is 2. The Hall–Kier alpha value is -0.865. The second-order valence-corrected chi connectivity index (χ2v) is 3.72. The highest BCUT2D eigenvalue weighted by atomic mass is 16.5. The molecule has 0 aliphatic carbocycles. The quantitative estimate of drug-likeness (QED) is 0.569. The molecule has 0 amide bonds. The molecule has 74 valence electrons. The Morgan fingerprint density at radius 2 is 2.14 bits per heavy atom. The fourth-order valence-corrected chi connectivity index (χ4v) is 1.58. The topological polar surface area (TPSA) is 25.4 Å². The highest BCUT2D eigenvalue weighted by Gasteiger charge is 2.10. The van der Waals surface area contributed by atoms with Crippen LogP contribution in [0.1, 0.15) is 5.69 Å². The van der Waals surface area contributed by atoms with E-state index in [1.54, 1.807) is 0 Å². The van der Waals surface area contributed by atoms with Gasteiger partial charge in [-0.25, -0.2) is 0 Å². The molecule has 1 fully saturated rings. The Morgan fingerprint density at radius 3 is 2.79 bits per heavy atom. The SMILES string of the molecule is Bc1ccc(CN2CCOCC2)nc1. The first-order valence-electron chi connectivity index (χ1n) is 5.06. The second-order valence-electron chi connectivity index (χ2n) is 3.72. The summed E-state index contributed by atoms with van der Waals surface area (Å²) in [5, 5.41) is 0. The number of pyridine rings is 1. The lowest BCUT2D eigenvalue weighted by molar-refractivity contribution is 0.0336. The maximum atomic E-state index is 5.29. The third kappa shape index (κ3) is 2.56. The third-order valence-electron chi connectivity index (χ3n) is 2.46. The number of hydrogen-bond acceptors (Lipinski definition) is 3. The van der Waals surface area contributed by atoms with E-state index in [9.17, 15) is 0 Å². The van der Waals surface area contributed by atoms with E-state index in [0.717, 1.165) is 38.5 Å². The molecule has 1 aliphatic rings. The lowest BCUT2D eigenvalue weighted by atomic mass is 9.99. The first kappa shape index (κ1) is 9.68. The summed E-state index contributed by atoms with van der Waals surface area (Å²) in [6, 6.07) is 4.22. The average molecular weight is 190 g/mol. The van der Waals surface area contributed by atoms with Crippen LogP contribution in [-0.4, -0.2) is 44.0 Å². The van der Waals surface area contributed by atoms with Crippen molar-refractivity contribution >= 4 is 13.3 Å². The van der Waals surface area contributed by atoms with Gasteiger partial charge in [-0.05, 0) is 6.07 Å². The third-order valence-corrected chi connectivity index (χ3v) is 2.46. The van der Waals surface area contributed by atoms with Crippen LogP contribution in [0.5, 0.6) is 0 Å². The summed E-state index contributed by atoms with van der Waals surface area (Å²) in [5.74, 6) is 0. The maximum absolute atomic E-state index is 5.29. The Bertz CT molecular complexity index is 283. The Balaban J connectivity index is 1.92. The molecule has 0 unspecified atom stereocenters. The highest BCUT2D eigenvalue weighted by molar-refractivity contribution is 6.31. The fraction of sp³-hybridized carbons (Fsp3) is 0.500. The van der Waals surface area contributed by atoms with Crippen molar-refractivity contribution in [3.8, 4) is 0 Å². The fourth-order valence-electron chi connectivity index (χ4n) is 1.58. The van der Waals surface area contributed by atoms with Crippen molar-refractivity contribution < 1.29 is 4.74 Å². The maximum Gasteiger partial charge on any atom is 0.141 e. The Morgan fingerprint density at radius 1 is 1.36 bits per heavy atom. The lowest BCUT2D eigenvalue weighted by Crippen LogP contribution is -2.35. The summed E-state index contributed by atoms with van der Waals surface area (Å²) in [7, 11) is 2.06. The van der Waals surface area contributed by atoms with E-state index in [1.165, 1.54) is 5.46 Å².